The van der Waals surface area contributed by atoms with Gasteiger partial charge in [0.05, 0.1) is 16.3 Å². The first-order valence-electron chi connectivity index (χ1n) is 5.04. The summed E-state index contributed by atoms with van der Waals surface area (Å²) in [7, 11) is -3.38. The molecule has 0 N–H and O–H groups in total. The molecule has 0 aliphatic carbocycles. The number of nitriles is 1. The molecule has 0 bridgehead atoms. The number of pyridine rings is 2. The Labute approximate surface area is 105 Å². The van der Waals surface area contributed by atoms with E-state index in [9.17, 15) is 8.42 Å². The lowest BCUT2D eigenvalue weighted by molar-refractivity contribution is 0.601. The first-order chi connectivity index (χ1) is 8.50. The van der Waals surface area contributed by atoms with Gasteiger partial charge in [-0.3, -0.25) is 4.98 Å². The maximum atomic E-state index is 11.5. The van der Waals surface area contributed by atoms with Crippen LogP contribution in [0.2, 0.25) is 0 Å². The topological polar surface area (TPSA) is 83.7 Å². The average Bonchev–Trinajstić information content (AvgIpc) is 2.38. The molecule has 18 heavy (non-hydrogen) atoms. The van der Waals surface area contributed by atoms with Crippen LogP contribution in [0.15, 0.2) is 41.4 Å². The molecule has 0 unspecified atom stereocenters. The van der Waals surface area contributed by atoms with E-state index in [0.29, 0.717) is 11.4 Å². The molecule has 0 aliphatic heterocycles. The van der Waals surface area contributed by atoms with Gasteiger partial charge in [0.15, 0.2) is 9.84 Å². The fourth-order valence-electron chi connectivity index (χ4n) is 1.42. The quantitative estimate of drug-likeness (QED) is 0.814. The summed E-state index contributed by atoms with van der Waals surface area (Å²) >= 11 is 0. The molecule has 2 aromatic heterocycles. The molecule has 0 saturated carbocycles. The monoisotopic (exact) mass is 259 g/mol. The minimum atomic E-state index is -3.38. The SMILES string of the molecule is CS(=O)(=O)c1cc(C#N)nc(-c2ccccn2)c1. The van der Waals surface area contributed by atoms with Crippen LogP contribution in [0.4, 0.5) is 0 Å². The van der Waals surface area contributed by atoms with Gasteiger partial charge in [-0.1, -0.05) is 6.07 Å². The van der Waals surface area contributed by atoms with Crippen LogP contribution in [0.25, 0.3) is 11.4 Å². The van der Waals surface area contributed by atoms with Crippen molar-refractivity contribution in [1.82, 2.24) is 9.97 Å². The summed E-state index contributed by atoms with van der Waals surface area (Å²) in [6.07, 6.45) is 2.67. The Hall–Kier alpha value is -2.26. The lowest BCUT2D eigenvalue weighted by atomic mass is 10.2. The highest BCUT2D eigenvalue weighted by molar-refractivity contribution is 7.90. The van der Waals surface area contributed by atoms with E-state index in [1.807, 2.05) is 6.07 Å². The van der Waals surface area contributed by atoms with Crippen LogP contribution in [0.3, 0.4) is 0 Å². The predicted octanol–water partition coefficient (Wildman–Crippen LogP) is 1.42. The second kappa shape index (κ2) is 4.55. The van der Waals surface area contributed by atoms with E-state index >= 15 is 0 Å². The maximum absolute atomic E-state index is 11.5. The van der Waals surface area contributed by atoms with Crippen LogP contribution < -0.4 is 0 Å². The molecule has 0 amide bonds. The van der Waals surface area contributed by atoms with Gasteiger partial charge in [0.2, 0.25) is 0 Å². The highest BCUT2D eigenvalue weighted by Crippen LogP contribution is 2.19. The summed E-state index contributed by atoms with van der Waals surface area (Å²) in [4.78, 5) is 8.19. The van der Waals surface area contributed by atoms with E-state index in [1.54, 1.807) is 24.4 Å². The second-order valence-corrected chi connectivity index (χ2v) is 5.69. The van der Waals surface area contributed by atoms with E-state index < -0.39 is 9.84 Å². The molecule has 5 nitrogen and oxygen atoms in total. The minimum Gasteiger partial charge on any atom is -0.255 e. The Kier molecular flexibility index (Phi) is 3.08. The van der Waals surface area contributed by atoms with Gasteiger partial charge in [-0.15, -0.1) is 0 Å². The zero-order valence-electron chi connectivity index (χ0n) is 9.53. The molecule has 0 aliphatic rings. The number of hydrogen-bond donors (Lipinski definition) is 0. The molecule has 6 heteroatoms. The molecule has 0 spiro atoms. The molecule has 2 aromatic rings. The van der Waals surface area contributed by atoms with Crippen molar-refractivity contribution in [3.8, 4) is 17.5 Å². The van der Waals surface area contributed by atoms with Crippen molar-refractivity contribution < 1.29 is 8.42 Å². The molecule has 0 saturated heterocycles. The van der Waals surface area contributed by atoms with Gasteiger partial charge in [0.1, 0.15) is 11.8 Å². The second-order valence-electron chi connectivity index (χ2n) is 3.67. The van der Waals surface area contributed by atoms with Crippen molar-refractivity contribution in [1.29, 1.82) is 5.26 Å². The van der Waals surface area contributed by atoms with E-state index in [4.69, 9.17) is 5.26 Å². The maximum Gasteiger partial charge on any atom is 0.175 e. The molecule has 2 rings (SSSR count). The van der Waals surface area contributed by atoms with Crippen molar-refractivity contribution in [2.75, 3.05) is 6.26 Å². The molecular weight excluding hydrogens is 250 g/mol. The van der Waals surface area contributed by atoms with Crippen LogP contribution in [0.5, 0.6) is 0 Å². The lowest BCUT2D eigenvalue weighted by Gasteiger charge is -2.03. The summed E-state index contributed by atoms with van der Waals surface area (Å²) in [5.41, 5.74) is 0.952. The number of nitrogens with zero attached hydrogens (tertiary/aromatic N) is 3. The van der Waals surface area contributed by atoms with E-state index in [1.165, 1.54) is 12.1 Å². The summed E-state index contributed by atoms with van der Waals surface area (Å²) in [6.45, 7) is 0. The Morgan fingerprint density at radius 2 is 2.00 bits per heavy atom. The minimum absolute atomic E-state index is 0.0542. The van der Waals surface area contributed by atoms with E-state index in [-0.39, 0.29) is 10.6 Å². The standard InChI is InChI=1S/C12H9N3O2S/c1-18(16,17)10-6-9(8-13)15-12(7-10)11-4-2-3-5-14-11/h2-7H,1H3. The van der Waals surface area contributed by atoms with Crippen LogP contribution in [-0.2, 0) is 9.84 Å². The van der Waals surface area contributed by atoms with Crippen LogP contribution in [0.1, 0.15) is 5.69 Å². The third kappa shape index (κ3) is 2.52. The van der Waals surface area contributed by atoms with E-state index in [0.717, 1.165) is 6.26 Å². The summed E-state index contributed by atoms with van der Waals surface area (Å²) in [5, 5.41) is 8.87. The molecular formula is C12H9N3O2S. The van der Waals surface area contributed by atoms with Crippen LogP contribution >= 0.6 is 0 Å². The highest BCUT2D eigenvalue weighted by atomic mass is 32.2. The third-order valence-electron chi connectivity index (χ3n) is 2.27. The summed E-state index contributed by atoms with van der Waals surface area (Å²) < 4.78 is 23.1. The van der Waals surface area contributed by atoms with Crippen LogP contribution in [0, 0.1) is 11.3 Å². The van der Waals surface area contributed by atoms with Gasteiger partial charge in [-0.2, -0.15) is 5.26 Å². The molecule has 0 atom stereocenters. The van der Waals surface area contributed by atoms with Crippen LogP contribution in [-0.4, -0.2) is 24.6 Å². The fourth-order valence-corrected chi connectivity index (χ4v) is 2.07. The van der Waals surface area contributed by atoms with Crippen molar-refractivity contribution >= 4 is 9.84 Å². The summed E-state index contributed by atoms with van der Waals surface area (Å²) in [6, 6.07) is 9.73. The zero-order valence-corrected chi connectivity index (χ0v) is 10.3. The van der Waals surface area contributed by atoms with Gasteiger partial charge in [-0.05, 0) is 24.3 Å². The Morgan fingerprint density at radius 1 is 1.22 bits per heavy atom. The first kappa shape index (κ1) is 12.2. The molecule has 90 valence electrons. The normalized spacial score (nSPS) is 10.9. The van der Waals surface area contributed by atoms with Crippen molar-refractivity contribution in [3.63, 3.8) is 0 Å². The number of aromatic nitrogens is 2. The van der Waals surface area contributed by atoms with Gasteiger partial charge < -0.3 is 0 Å². The van der Waals surface area contributed by atoms with Crippen molar-refractivity contribution in [2.24, 2.45) is 0 Å². The molecule has 2 heterocycles. The predicted molar refractivity (Wildman–Crippen MR) is 65.3 cm³/mol. The Balaban J connectivity index is 2.67. The fraction of sp³-hybridized carbons (Fsp3) is 0.0833. The zero-order chi connectivity index (χ0) is 13.2. The van der Waals surface area contributed by atoms with Gasteiger partial charge in [-0.25, -0.2) is 13.4 Å². The number of sulfone groups is 1. The molecule has 0 aromatic carbocycles. The smallest absolute Gasteiger partial charge is 0.175 e. The molecule has 0 fully saturated rings. The number of rotatable bonds is 2. The van der Waals surface area contributed by atoms with Gasteiger partial charge >= 0.3 is 0 Å². The molecule has 0 radical (unpaired) electrons. The first-order valence-corrected chi connectivity index (χ1v) is 6.93. The lowest BCUT2D eigenvalue weighted by Crippen LogP contribution is -2.00. The largest absolute Gasteiger partial charge is 0.255 e. The van der Waals surface area contributed by atoms with Crippen molar-refractivity contribution in [3.05, 3.63) is 42.2 Å². The Morgan fingerprint density at radius 3 is 2.56 bits per heavy atom. The Bertz CT molecular complexity index is 719. The number of hydrogen-bond acceptors (Lipinski definition) is 5. The van der Waals surface area contributed by atoms with Crippen molar-refractivity contribution in [2.45, 2.75) is 4.90 Å². The average molecular weight is 259 g/mol. The highest BCUT2D eigenvalue weighted by Gasteiger charge is 2.12. The van der Waals surface area contributed by atoms with E-state index in [2.05, 4.69) is 9.97 Å². The summed E-state index contributed by atoms with van der Waals surface area (Å²) in [5.74, 6) is 0. The van der Waals surface area contributed by atoms with Gasteiger partial charge in [0.25, 0.3) is 0 Å². The third-order valence-corrected chi connectivity index (χ3v) is 3.36. The van der Waals surface area contributed by atoms with Gasteiger partial charge in [0, 0.05) is 12.5 Å².